The largest absolute Gasteiger partial charge is 0.496 e. The first-order chi connectivity index (χ1) is 7.35. The van der Waals surface area contributed by atoms with Crippen LogP contribution in [0.25, 0.3) is 0 Å². The molecule has 1 aliphatic carbocycles. The molecule has 0 aromatic heterocycles. The lowest BCUT2D eigenvalue weighted by molar-refractivity contribution is 0.334. The van der Waals surface area contributed by atoms with Crippen LogP contribution in [0.3, 0.4) is 0 Å². The number of aryl methyl sites for hydroxylation is 1. The number of benzene rings is 1. The Balaban J connectivity index is 2.38. The molecule has 15 heavy (non-hydrogen) atoms. The van der Waals surface area contributed by atoms with E-state index in [4.69, 9.17) is 9.47 Å². The Kier molecular flexibility index (Phi) is 3.14. The van der Waals surface area contributed by atoms with Gasteiger partial charge in [-0.1, -0.05) is 0 Å². The van der Waals surface area contributed by atoms with Crippen LogP contribution in [0.4, 0.5) is 0 Å². The molecular formula is C13H18O2. The van der Waals surface area contributed by atoms with Crippen molar-refractivity contribution in [1.29, 1.82) is 0 Å². The van der Waals surface area contributed by atoms with Gasteiger partial charge in [0.05, 0.1) is 13.7 Å². The van der Waals surface area contributed by atoms with Crippen molar-refractivity contribution >= 4 is 0 Å². The summed E-state index contributed by atoms with van der Waals surface area (Å²) in [6, 6.07) is 4.17. The summed E-state index contributed by atoms with van der Waals surface area (Å²) in [4.78, 5) is 0. The van der Waals surface area contributed by atoms with Crippen LogP contribution < -0.4 is 9.47 Å². The molecule has 0 saturated carbocycles. The Morgan fingerprint density at radius 1 is 1.20 bits per heavy atom. The predicted octanol–water partition coefficient (Wildman–Crippen LogP) is 2.97. The molecule has 0 bridgehead atoms. The molecule has 0 aliphatic heterocycles. The van der Waals surface area contributed by atoms with E-state index in [0.29, 0.717) is 6.61 Å². The van der Waals surface area contributed by atoms with Gasteiger partial charge in [0.2, 0.25) is 0 Å². The van der Waals surface area contributed by atoms with Crippen LogP contribution in [-0.4, -0.2) is 13.7 Å². The highest BCUT2D eigenvalue weighted by atomic mass is 16.5. The van der Waals surface area contributed by atoms with Crippen molar-refractivity contribution < 1.29 is 9.47 Å². The fraction of sp³-hybridized carbons (Fsp3) is 0.538. The zero-order valence-electron chi connectivity index (χ0n) is 9.51. The van der Waals surface area contributed by atoms with Crippen LogP contribution >= 0.6 is 0 Å². The third-order valence-electron chi connectivity index (χ3n) is 2.93. The maximum absolute atomic E-state index is 5.53. The van der Waals surface area contributed by atoms with E-state index in [0.717, 1.165) is 24.3 Å². The summed E-state index contributed by atoms with van der Waals surface area (Å²) in [6.07, 6.45) is 4.86. The van der Waals surface area contributed by atoms with Crippen molar-refractivity contribution in [3.8, 4) is 11.5 Å². The van der Waals surface area contributed by atoms with Gasteiger partial charge in [0.1, 0.15) is 11.5 Å². The molecule has 0 amide bonds. The van der Waals surface area contributed by atoms with Crippen LogP contribution in [0.15, 0.2) is 12.1 Å². The first-order valence-electron chi connectivity index (χ1n) is 5.67. The van der Waals surface area contributed by atoms with Crippen LogP contribution in [0.1, 0.15) is 30.9 Å². The van der Waals surface area contributed by atoms with Crippen LogP contribution in [0, 0.1) is 0 Å². The van der Waals surface area contributed by atoms with E-state index in [1.165, 1.54) is 24.0 Å². The smallest absolute Gasteiger partial charge is 0.126 e. The minimum absolute atomic E-state index is 0.710. The molecule has 2 heteroatoms. The van der Waals surface area contributed by atoms with Gasteiger partial charge in [-0.05, 0) is 49.8 Å². The molecule has 0 heterocycles. The number of fused-ring (bicyclic) bond motifs is 1. The first kappa shape index (κ1) is 10.3. The highest BCUT2D eigenvalue weighted by molar-refractivity contribution is 5.47. The van der Waals surface area contributed by atoms with Crippen LogP contribution in [-0.2, 0) is 12.8 Å². The molecule has 0 fully saturated rings. The monoisotopic (exact) mass is 206 g/mol. The minimum Gasteiger partial charge on any atom is -0.496 e. The summed E-state index contributed by atoms with van der Waals surface area (Å²) in [7, 11) is 1.74. The SMILES string of the molecule is CCOc1cc2c(c(OC)c1)CCCC2. The summed E-state index contributed by atoms with van der Waals surface area (Å²) in [5.74, 6) is 1.94. The summed E-state index contributed by atoms with van der Waals surface area (Å²) in [5.41, 5.74) is 2.79. The first-order valence-corrected chi connectivity index (χ1v) is 5.67. The lowest BCUT2D eigenvalue weighted by atomic mass is 9.91. The number of hydrogen-bond donors (Lipinski definition) is 0. The molecule has 82 valence electrons. The van der Waals surface area contributed by atoms with Crippen molar-refractivity contribution in [2.75, 3.05) is 13.7 Å². The summed E-state index contributed by atoms with van der Waals surface area (Å²) >= 11 is 0. The van der Waals surface area contributed by atoms with E-state index in [9.17, 15) is 0 Å². The van der Waals surface area contributed by atoms with Gasteiger partial charge in [-0.25, -0.2) is 0 Å². The van der Waals surface area contributed by atoms with Gasteiger partial charge < -0.3 is 9.47 Å². The zero-order valence-corrected chi connectivity index (χ0v) is 9.51. The molecule has 0 radical (unpaired) electrons. The second kappa shape index (κ2) is 4.56. The summed E-state index contributed by atoms with van der Waals surface area (Å²) in [6.45, 7) is 2.72. The number of methoxy groups -OCH3 is 1. The Morgan fingerprint density at radius 3 is 2.73 bits per heavy atom. The van der Waals surface area contributed by atoms with Gasteiger partial charge in [0, 0.05) is 6.07 Å². The van der Waals surface area contributed by atoms with Crippen LogP contribution in [0.5, 0.6) is 11.5 Å². The lowest BCUT2D eigenvalue weighted by Gasteiger charge is -2.20. The zero-order chi connectivity index (χ0) is 10.7. The topological polar surface area (TPSA) is 18.5 Å². The van der Waals surface area contributed by atoms with E-state index >= 15 is 0 Å². The molecule has 0 atom stereocenters. The third-order valence-corrected chi connectivity index (χ3v) is 2.93. The van der Waals surface area contributed by atoms with E-state index in [2.05, 4.69) is 6.07 Å². The maximum atomic E-state index is 5.53. The van der Waals surface area contributed by atoms with Gasteiger partial charge in [0.15, 0.2) is 0 Å². The van der Waals surface area contributed by atoms with E-state index < -0.39 is 0 Å². The van der Waals surface area contributed by atoms with Gasteiger partial charge in [-0.15, -0.1) is 0 Å². The molecule has 1 aliphatic rings. The van der Waals surface area contributed by atoms with Gasteiger partial charge in [-0.2, -0.15) is 0 Å². The molecule has 0 unspecified atom stereocenters. The van der Waals surface area contributed by atoms with E-state index in [1.54, 1.807) is 7.11 Å². The average molecular weight is 206 g/mol. The second-order valence-corrected chi connectivity index (χ2v) is 3.90. The number of ether oxygens (including phenoxy) is 2. The Bertz CT molecular complexity index is 327. The van der Waals surface area contributed by atoms with Crippen molar-refractivity contribution in [2.45, 2.75) is 32.6 Å². The fourth-order valence-electron chi connectivity index (χ4n) is 2.23. The highest BCUT2D eigenvalue weighted by Crippen LogP contribution is 2.33. The Morgan fingerprint density at radius 2 is 2.00 bits per heavy atom. The summed E-state index contributed by atoms with van der Waals surface area (Å²) in [5, 5.41) is 0. The molecule has 0 saturated heterocycles. The fourth-order valence-corrected chi connectivity index (χ4v) is 2.23. The average Bonchev–Trinajstić information content (AvgIpc) is 2.28. The summed E-state index contributed by atoms with van der Waals surface area (Å²) < 4.78 is 11.0. The van der Waals surface area contributed by atoms with Crippen LogP contribution in [0.2, 0.25) is 0 Å². The van der Waals surface area contributed by atoms with Crippen molar-refractivity contribution in [3.05, 3.63) is 23.3 Å². The molecule has 1 aromatic carbocycles. The molecule has 2 nitrogen and oxygen atoms in total. The van der Waals surface area contributed by atoms with Crippen molar-refractivity contribution in [2.24, 2.45) is 0 Å². The second-order valence-electron chi connectivity index (χ2n) is 3.90. The van der Waals surface area contributed by atoms with Gasteiger partial charge >= 0.3 is 0 Å². The van der Waals surface area contributed by atoms with Gasteiger partial charge in [0.25, 0.3) is 0 Å². The third kappa shape index (κ3) is 2.09. The lowest BCUT2D eigenvalue weighted by Crippen LogP contribution is -2.06. The van der Waals surface area contributed by atoms with E-state index in [1.807, 2.05) is 13.0 Å². The molecule has 2 rings (SSSR count). The Labute approximate surface area is 91.2 Å². The molecule has 1 aromatic rings. The number of rotatable bonds is 3. The van der Waals surface area contributed by atoms with E-state index in [-0.39, 0.29) is 0 Å². The normalized spacial score (nSPS) is 14.5. The highest BCUT2D eigenvalue weighted by Gasteiger charge is 2.15. The molecule has 0 N–H and O–H groups in total. The standard InChI is InChI=1S/C13H18O2/c1-3-15-11-8-10-6-4-5-7-12(10)13(9-11)14-2/h8-9H,3-7H2,1-2H3. The molecule has 0 spiro atoms. The minimum atomic E-state index is 0.710. The van der Waals surface area contributed by atoms with Crippen molar-refractivity contribution in [1.82, 2.24) is 0 Å². The maximum Gasteiger partial charge on any atom is 0.126 e. The van der Waals surface area contributed by atoms with Gasteiger partial charge in [-0.3, -0.25) is 0 Å². The number of hydrogen-bond acceptors (Lipinski definition) is 2. The quantitative estimate of drug-likeness (QED) is 0.757. The predicted molar refractivity (Wildman–Crippen MR) is 60.8 cm³/mol. The Hall–Kier alpha value is -1.18. The molecular weight excluding hydrogens is 188 g/mol. The van der Waals surface area contributed by atoms with Crippen molar-refractivity contribution in [3.63, 3.8) is 0 Å².